The minimum Gasteiger partial charge on any atom is -0.495 e. The van der Waals surface area contributed by atoms with Gasteiger partial charge in [-0.05, 0) is 43.2 Å². The number of rotatable bonds is 10. The number of hydrogen-bond donors (Lipinski definition) is 2. The molecule has 2 aromatic carbocycles. The maximum Gasteiger partial charge on any atom is 0.245 e. The van der Waals surface area contributed by atoms with Gasteiger partial charge in [0.05, 0.1) is 30.1 Å². The summed E-state index contributed by atoms with van der Waals surface area (Å²) in [6.45, 7) is 6.40. The maximum absolute atomic E-state index is 15.3. The maximum atomic E-state index is 15.3. The van der Waals surface area contributed by atoms with E-state index in [2.05, 4.69) is 43.1 Å². The summed E-state index contributed by atoms with van der Waals surface area (Å²) in [6.07, 6.45) is 6.50. The number of carbonyl (C=O) groups excluding carboxylic acids is 1. The molecule has 0 atom stereocenters. The smallest absolute Gasteiger partial charge is 0.245 e. The van der Waals surface area contributed by atoms with Gasteiger partial charge in [-0.15, -0.1) is 0 Å². The molecule has 12 heteroatoms. The van der Waals surface area contributed by atoms with Gasteiger partial charge >= 0.3 is 0 Å². The number of likely N-dealkylation sites (tertiary alicyclic amines) is 1. The van der Waals surface area contributed by atoms with Crippen molar-refractivity contribution >= 4 is 39.8 Å². The molecule has 2 N–H and O–H groups in total. The van der Waals surface area contributed by atoms with Crippen molar-refractivity contribution in [3.63, 3.8) is 0 Å². The summed E-state index contributed by atoms with van der Waals surface area (Å²) in [5, 5.41) is 16.2. The lowest BCUT2D eigenvalue weighted by atomic mass is 9.97. The Morgan fingerprint density at radius 2 is 1.91 bits per heavy atom. The van der Waals surface area contributed by atoms with Gasteiger partial charge in [-0.1, -0.05) is 6.58 Å². The number of halogens is 1. The average molecular weight is 609 g/mol. The van der Waals surface area contributed by atoms with Crippen LogP contribution in [-0.2, 0) is 4.79 Å². The van der Waals surface area contributed by atoms with Crippen molar-refractivity contribution in [2.45, 2.75) is 25.3 Å². The van der Waals surface area contributed by atoms with Crippen LogP contribution in [0.1, 0.15) is 19.3 Å². The Balaban J connectivity index is 1.16. The number of pyridine rings is 1. The first-order valence-corrected chi connectivity index (χ1v) is 14.8. The topological polar surface area (TPSA) is 129 Å². The summed E-state index contributed by atoms with van der Waals surface area (Å²) in [5.74, 6) is 2.48. The van der Waals surface area contributed by atoms with Crippen LogP contribution in [0.3, 0.4) is 0 Å². The molecule has 4 heterocycles. The van der Waals surface area contributed by atoms with E-state index in [-0.39, 0.29) is 17.6 Å². The first-order valence-electron chi connectivity index (χ1n) is 14.8. The Hall–Kier alpha value is -5.44. The molecule has 45 heavy (non-hydrogen) atoms. The molecule has 2 aliphatic rings. The van der Waals surface area contributed by atoms with Crippen LogP contribution in [0.4, 0.5) is 27.4 Å². The number of amides is 1. The number of nitriles is 1. The van der Waals surface area contributed by atoms with Gasteiger partial charge in [0.2, 0.25) is 5.91 Å². The summed E-state index contributed by atoms with van der Waals surface area (Å²) in [7, 11) is 1.60. The van der Waals surface area contributed by atoms with Crippen molar-refractivity contribution in [2.75, 3.05) is 48.8 Å². The molecule has 0 spiro atoms. The van der Waals surface area contributed by atoms with Crippen LogP contribution in [0.25, 0.3) is 10.9 Å². The van der Waals surface area contributed by atoms with E-state index in [1.165, 1.54) is 18.5 Å². The fourth-order valence-electron chi connectivity index (χ4n) is 5.63. The number of hydrogen-bond acceptors (Lipinski definition) is 10. The number of ether oxygens (including phenoxy) is 2. The van der Waals surface area contributed by atoms with Gasteiger partial charge in [0, 0.05) is 74.3 Å². The quantitative estimate of drug-likeness (QED) is 0.218. The van der Waals surface area contributed by atoms with Crippen molar-refractivity contribution < 1.29 is 18.7 Å². The third kappa shape index (κ3) is 6.57. The Morgan fingerprint density at radius 1 is 1.11 bits per heavy atom. The first-order chi connectivity index (χ1) is 21.9. The SMILES string of the molecule is C=CC(=O)N1CCC(Nc2cc3c(Nc4ccc(Oc5ccnc(N6CC(CC#N)C6)c5)cc4F)ncnc3cc2OC)CC1. The largest absolute Gasteiger partial charge is 0.495 e. The van der Waals surface area contributed by atoms with Crippen molar-refractivity contribution in [1.29, 1.82) is 5.26 Å². The number of anilines is 4. The number of nitrogens with zero attached hydrogens (tertiary/aromatic N) is 6. The molecule has 1 amide bonds. The molecule has 2 fully saturated rings. The molecule has 2 saturated heterocycles. The minimum absolute atomic E-state index is 0.0586. The van der Waals surface area contributed by atoms with Gasteiger partial charge in [-0.3, -0.25) is 4.79 Å². The lowest BCUT2D eigenvalue weighted by Crippen LogP contribution is -2.46. The van der Waals surface area contributed by atoms with Gasteiger partial charge in [0.1, 0.15) is 41.0 Å². The van der Waals surface area contributed by atoms with E-state index in [9.17, 15) is 4.79 Å². The van der Waals surface area contributed by atoms with Crippen LogP contribution >= 0.6 is 0 Å². The predicted molar refractivity (Wildman–Crippen MR) is 169 cm³/mol. The molecule has 6 rings (SSSR count). The summed E-state index contributed by atoms with van der Waals surface area (Å²) >= 11 is 0. The Labute approximate surface area is 260 Å². The molecule has 0 saturated carbocycles. The molecular formula is C33H33FN8O3. The third-order valence-corrected chi connectivity index (χ3v) is 8.10. The van der Waals surface area contributed by atoms with E-state index in [4.69, 9.17) is 14.7 Å². The number of carbonyl (C=O) groups is 1. The molecule has 0 aliphatic carbocycles. The highest BCUT2D eigenvalue weighted by molar-refractivity contribution is 5.95. The number of methoxy groups -OCH3 is 1. The molecule has 2 aromatic heterocycles. The highest BCUT2D eigenvalue weighted by Gasteiger charge is 2.27. The summed E-state index contributed by atoms with van der Waals surface area (Å²) in [4.78, 5) is 29.0. The van der Waals surface area contributed by atoms with E-state index in [1.54, 1.807) is 36.4 Å². The first kappa shape index (κ1) is 29.6. The average Bonchev–Trinajstić information content (AvgIpc) is 3.04. The molecular weight excluding hydrogens is 575 g/mol. The van der Waals surface area contributed by atoms with Crippen LogP contribution in [0, 0.1) is 23.1 Å². The molecule has 4 aromatic rings. The van der Waals surface area contributed by atoms with Crippen LogP contribution in [0.2, 0.25) is 0 Å². The lowest BCUT2D eigenvalue weighted by Gasteiger charge is -2.39. The van der Waals surface area contributed by atoms with Crippen LogP contribution in [0.15, 0.2) is 67.6 Å². The van der Waals surface area contributed by atoms with Crippen LogP contribution in [-0.4, -0.2) is 65.1 Å². The summed E-state index contributed by atoms with van der Waals surface area (Å²) in [5.41, 5.74) is 1.62. The second-order valence-electron chi connectivity index (χ2n) is 11.1. The third-order valence-electron chi connectivity index (χ3n) is 8.10. The molecule has 0 radical (unpaired) electrons. The predicted octanol–water partition coefficient (Wildman–Crippen LogP) is 5.65. The van der Waals surface area contributed by atoms with Gasteiger partial charge in [0.15, 0.2) is 0 Å². The van der Waals surface area contributed by atoms with Crippen LogP contribution in [0.5, 0.6) is 17.2 Å². The number of benzene rings is 2. The number of fused-ring (bicyclic) bond motifs is 1. The zero-order chi connectivity index (χ0) is 31.3. The number of aromatic nitrogens is 3. The standard InChI is InChI=1S/C33H33FN8O3/c1-3-32(43)41-12-8-22(9-13-41)39-29-16-25-28(17-30(29)44-2)37-20-38-33(25)40-27-5-4-23(14-26(27)34)45-24-7-11-36-31(15-24)42-18-21(19-42)6-10-35/h3-5,7,11,14-17,20-22,39H,1,6,8-9,12-13,18-19H2,2H3,(H,37,38,40). The van der Waals surface area contributed by atoms with Gasteiger partial charge in [-0.2, -0.15) is 5.26 Å². The van der Waals surface area contributed by atoms with E-state index < -0.39 is 5.82 Å². The van der Waals surface area contributed by atoms with E-state index >= 15 is 4.39 Å². The van der Waals surface area contributed by atoms with E-state index in [1.807, 2.05) is 18.2 Å². The van der Waals surface area contributed by atoms with Gasteiger partial charge in [0.25, 0.3) is 0 Å². The molecule has 230 valence electrons. The van der Waals surface area contributed by atoms with Crippen molar-refractivity contribution in [3.05, 3.63) is 73.5 Å². The molecule has 11 nitrogen and oxygen atoms in total. The molecule has 2 aliphatic heterocycles. The van der Waals surface area contributed by atoms with Gasteiger partial charge < -0.3 is 29.9 Å². The van der Waals surface area contributed by atoms with Gasteiger partial charge in [-0.25, -0.2) is 19.3 Å². The highest BCUT2D eigenvalue weighted by Crippen LogP contribution is 2.36. The monoisotopic (exact) mass is 608 g/mol. The summed E-state index contributed by atoms with van der Waals surface area (Å²) < 4.78 is 26.9. The summed E-state index contributed by atoms with van der Waals surface area (Å²) in [6, 6.07) is 14.2. The Morgan fingerprint density at radius 3 is 2.64 bits per heavy atom. The fraction of sp³-hybridized carbons (Fsp3) is 0.303. The van der Waals surface area contributed by atoms with Crippen LogP contribution < -0.4 is 25.0 Å². The highest BCUT2D eigenvalue weighted by atomic mass is 19.1. The zero-order valence-corrected chi connectivity index (χ0v) is 24.9. The van der Waals surface area contributed by atoms with E-state index in [0.29, 0.717) is 59.4 Å². The van der Waals surface area contributed by atoms with E-state index in [0.717, 1.165) is 37.4 Å². The Kier molecular flexibility index (Phi) is 8.59. The second kappa shape index (κ2) is 13.1. The normalized spacial score (nSPS) is 15.2. The van der Waals surface area contributed by atoms with Crippen molar-refractivity contribution in [3.8, 4) is 23.3 Å². The molecule has 0 unspecified atom stereocenters. The zero-order valence-electron chi connectivity index (χ0n) is 24.9. The second-order valence-corrected chi connectivity index (χ2v) is 11.1. The van der Waals surface area contributed by atoms with Crippen molar-refractivity contribution in [1.82, 2.24) is 19.9 Å². The number of nitrogens with one attached hydrogen (secondary N) is 2. The van der Waals surface area contributed by atoms with Crippen molar-refractivity contribution in [2.24, 2.45) is 5.92 Å². The number of piperidine rings is 1. The fourth-order valence-corrected chi connectivity index (χ4v) is 5.63. The Bertz CT molecular complexity index is 1760. The molecule has 0 bridgehead atoms. The lowest BCUT2D eigenvalue weighted by molar-refractivity contribution is -0.126. The minimum atomic E-state index is -0.511.